The molecule has 6 N–H and O–H groups in total. The highest BCUT2D eigenvalue weighted by atomic mass is 32.3. The maximum absolute atomic E-state index is 11.1. The number of hydrogen-bond acceptors (Lipinski definition) is 12. The Morgan fingerprint density at radius 1 is 1.00 bits per heavy atom. The molecule has 0 heterocycles. The van der Waals surface area contributed by atoms with Gasteiger partial charge in [0, 0.05) is 0 Å². The van der Waals surface area contributed by atoms with Crippen molar-refractivity contribution in [3.05, 3.63) is 0 Å². The predicted molar refractivity (Wildman–Crippen MR) is 58.8 cm³/mol. The van der Waals surface area contributed by atoms with Crippen LogP contribution in [0.4, 0.5) is 0 Å². The smallest absolute Gasteiger partial charge is 0.394 e. The highest BCUT2D eigenvalue weighted by molar-refractivity contribution is 7.95. The van der Waals surface area contributed by atoms with Crippen molar-refractivity contribution < 1.29 is 59.5 Å². The first-order valence-corrected chi connectivity index (χ1v) is 7.50. The molecular weight excluding hydrogens is 344 g/mol. The summed E-state index contributed by atoms with van der Waals surface area (Å²) in [4.78, 5) is 11.1. The normalized spacial score (nSPS) is 18.6. The zero-order valence-corrected chi connectivity index (χ0v) is 11.5. The molecule has 0 saturated carbocycles. The van der Waals surface area contributed by atoms with E-state index in [-0.39, 0.29) is 0 Å². The lowest BCUT2D eigenvalue weighted by atomic mass is 10.0. The Hall–Kier alpha value is -0.910. The van der Waals surface area contributed by atoms with E-state index >= 15 is 0 Å². The number of aliphatic hydroxyl groups excluding tert-OH is 5. The van der Waals surface area contributed by atoms with E-state index in [2.05, 4.69) is 7.81 Å². The van der Waals surface area contributed by atoms with Crippen LogP contribution >= 0.6 is 0 Å². The van der Waals surface area contributed by atoms with Gasteiger partial charge in [0.25, 0.3) is 0 Å². The molecule has 0 aliphatic rings. The maximum atomic E-state index is 11.1. The van der Waals surface area contributed by atoms with E-state index in [1.54, 1.807) is 0 Å². The second kappa shape index (κ2) is 7.38. The lowest BCUT2D eigenvalue weighted by molar-refractivity contribution is -0.161. The number of carbonyl (C=O) groups is 1. The molecule has 0 bridgehead atoms. The topological polar surface area (TPSA) is 225 Å². The van der Waals surface area contributed by atoms with Crippen molar-refractivity contribution in [3.63, 3.8) is 0 Å². The molecule has 0 spiro atoms. The lowest BCUT2D eigenvalue weighted by Gasteiger charge is -2.23. The van der Waals surface area contributed by atoms with Crippen molar-refractivity contribution in [1.29, 1.82) is 0 Å². The molecule has 4 atom stereocenters. The van der Waals surface area contributed by atoms with Gasteiger partial charge < -0.3 is 29.7 Å². The summed E-state index contributed by atoms with van der Waals surface area (Å²) in [5, 5.41) is 44.9. The molecule has 0 rings (SSSR count). The molecule has 0 radical (unpaired) electrons. The largest absolute Gasteiger partial charge is 0.468 e. The first kappa shape index (κ1) is 20.1. The third-order valence-electron chi connectivity index (χ3n) is 1.85. The average molecular weight is 356 g/mol. The zero-order valence-electron chi connectivity index (χ0n) is 9.87. The van der Waals surface area contributed by atoms with Gasteiger partial charge in [-0.25, -0.2) is 4.79 Å². The van der Waals surface area contributed by atoms with Gasteiger partial charge in [0.05, 0.1) is 6.61 Å². The third kappa shape index (κ3) is 7.07. The van der Waals surface area contributed by atoms with E-state index in [0.717, 1.165) is 0 Å². The van der Waals surface area contributed by atoms with Gasteiger partial charge in [0.1, 0.15) is 18.3 Å². The van der Waals surface area contributed by atoms with Gasteiger partial charge in [-0.1, -0.05) is 3.63 Å². The number of aliphatic hydroxyl groups is 5. The van der Waals surface area contributed by atoms with Crippen LogP contribution in [0.5, 0.6) is 0 Å². The standard InChI is InChI=1S/C6H12O13S2/c7-1-2(8)3(9)4(10)5(11)6(12)18-21(16,17)19-20(13,14)15/h2-5,7-11H,1H2,(H,13,14,15)/t2-,3-,4+,5-/m1/s1. The molecule has 0 aromatic heterocycles. The van der Waals surface area contributed by atoms with E-state index in [4.69, 9.17) is 25.0 Å². The van der Waals surface area contributed by atoms with Crippen LogP contribution < -0.4 is 0 Å². The Labute approximate surface area is 118 Å². The van der Waals surface area contributed by atoms with Crippen LogP contribution in [0.2, 0.25) is 0 Å². The van der Waals surface area contributed by atoms with Crippen molar-refractivity contribution in [2.75, 3.05) is 6.61 Å². The molecule has 0 aliphatic carbocycles. The van der Waals surface area contributed by atoms with E-state index in [9.17, 15) is 26.7 Å². The predicted octanol–water partition coefficient (Wildman–Crippen LogP) is -4.97. The second-order valence-corrected chi connectivity index (χ2v) is 5.87. The molecule has 0 saturated heterocycles. The summed E-state index contributed by atoms with van der Waals surface area (Å²) in [6, 6.07) is 0. The average Bonchev–Trinajstić information content (AvgIpc) is 2.31. The monoisotopic (exact) mass is 356 g/mol. The molecular formula is C6H12O13S2. The summed E-state index contributed by atoms with van der Waals surface area (Å²) < 4.78 is 56.2. The fourth-order valence-corrected chi connectivity index (χ4v) is 2.18. The minimum atomic E-state index is -5.62. The Morgan fingerprint density at radius 2 is 1.48 bits per heavy atom. The summed E-state index contributed by atoms with van der Waals surface area (Å²) >= 11 is 0. The zero-order chi connectivity index (χ0) is 17.0. The molecule has 0 amide bonds. The maximum Gasteiger partial charge on any atom is 0.468 e. The minimum absolute atomic E-state index is 1.07. The van der Waals surface area contributed by atoms with Gasteiger partial charge in [-0.3, -0.25) is 4.55 Å². The van der Waals surface area contributed by atoms with E-state index in [0.29, 0.717) is 0 Å². The lowest BCUT2D eigenvalue weighted by Crippen LogP contribution is -2.49. The van der Waals surface area contributed by atoms with Gasteiger partial charge in [-0.05, 0) is 0 Å². The van der Waals surface area contributed by atoms with Crippen molar-refractivity contribution in [2.24, 2.45) is 0 Å². The molecule has 0 aliphatic heterocycles. The second-order valence-electron chi connectivity index (χ2n) is 3.48. The molecule has 13 nitrogen and oxygen atoms in total. The van der Waals surface area contributed by atoms with E-state index in [1.807, 2.05) is 0 Å². The first-order chi connectivity index (χ1) is 9.30. The molecule has 126 valence electrons. The first-order valence-electron chi connectivity index (χ1n) is 4.80. The Bertz CT molecular complexity index is 549. The Balaban J connectivity index is 4.88. The van der Waals surface area contributed by atoms with Gasteiger partial charge in [0.15, 0.2) is 6.10 Å². The summed E-state index contributed by atoms with van der Waals surface area (Å²) in [6.07, 6.45) is -9.47. The van der Waals surface area contributed by atoms with Crippen LogP contribution in [-0.4, -0.2) is 83.9 Å². The molecule has 21 heavy (non-hydrogen) atoms. The van der Waals surface area contributed by atoms with Crippen LogP contribution in [-0.2, 0) is 33.4 Å². The van der Waals surface area contributed by atoms with Crippen LogP contribution in [0.25, 0.3) is 0 Å². The highest BCUT2D eigenvalue weighted by Crippen LogP contribution is 2.09. The summed E-state index contributed by atoms with van der Waals surface area (Å²) in [6.45, 7) is -1.07. The van der Waals surface area contributed by atoms with E-state index in [1.165, 1.54) is 0 Å². The van der Waals surface area contributed by atoms with Gasteiger partial charge in [0.2, 0.25) is 0 Å². The molecule has 15 heteroatoms. The molecule has 0 unspecified atom stereocenters. The molecule has 0 aromatic carbocycles. The van der Waals surface area contributed by atoms with E-state index < -0.39 is 57.8 Å². The summed E-state index contributed by atoms with van der Waals surface area (Å²) in [7, 11) is -11.2. The Morgan fingerprint density at radius 3 is 1.86 bits per heavy atom. The molecule has 0 aromatic rings. The van der Waals surface area contributed by atoms with Crippen molar-refractivity contribution in [2.45, 2.75) is 24.4 Å². The number of rotatable bonds is 8. The van der Waals surface area contributed by atoms with Crippen LogP contribution in [0.3, 0.4) is 0 Å². The van der Waals surface area contributed by atoms with Gasteiger partial charge in [-0.2, -0.15) is 16.8 Å². The van der Waals surface area contributed by atoms with Gasteiger partial charge in [-0.15, -0.1) is 0 Å². The van der Waals surface area contributed by atoms with Crippen LogP contribution in [0.1, 0.15) is 0 Å². The van der Waals surface area contributed by atoms with Crippen molar-refractivity contribution in [1.82, 2.24) is 0 Å². The Kier molecular flexibility index (Phi) is 7.06. The SMILES string of the molecule is O=C(OS(=O)(=O)OS(=O)(=O)O)[C@H](O)[C@@H](O)[C@H](O)[C@H](O)CO. The molecule has 0 fully saturated rings. The highest BCUT2D eigenvalue weighted by Gasteiger charge is 2.38. The summed E-state index contributed by atoms with van der Waals surface area (Å²) in [5.74, 6) is -2.18. The minimum Gasteiger partial charge on any atom is -0.394 e. The van der Waals surface area contributed by atoms with Crippen LogP contribution in [0, 0.1) is 0 Å². The fourth-order valence-electron chi connectivity index (χ4n) is 0.931. The fraction of sp³-hybridized carbons (Fsp3) is 0.833. The number of carbonyl (C=O) groups excluding carboxylic acids is 1. The van der Waals surface area contributed by atoms with Crippen molar-refractivity contribution in [3.8, 4) is 0 Å². The third-order valence-corrected chi connectivity index (χ3v) is 3.57. The quantitative estimate of drug-likeness (QED) is 0.224. The van der Waals surface area contributed by atoms with Gasteiger partial charge >= 0.3 is 26.8 Å². The van der Waals surface area contributed by atoms with Crippen molar-refractivity contribution >= 4 is 26.8 Å². The van der Waals surface area contributed by atoms with Crippen LogP contribution in [0.15, 0.2) is 0 Å². The number of hydrogen-bond donors (Lipinski definition) is 6. The summed E-state index contributed by atoms with van der Waals surface area (Å²) in [5.41, 5.74) is 0.